The normalized spacial score (nSPS) is 10.6. The SMILES string of the molecule is c1ccc(-c2ccnc(-c3oncc3-c3ccccc3)n2)cc1. The van der Waals surface area contributed by atoms with Crippen molar-refractivity contribution in [3.05, 3.63) is 79.1 Å². The Morgan fingerprint density at radius 3 is 2.17 bits per heavy atom. The van der Waals surface area contributed by atoms with Crippen LogP contribution in [0.15, 0.2) is 83.6 Å². The van der Waals surface area contributed by atoms with Crippen LogP contribution in [0.25, 0.3) is 34.0 Å². The molecular formula is C19H13N3O. The summed E-state index contributed by atoms with van der Waals surface area (Å²) in [6.45, 7) is 0. The van der Waals surface area contributed by atoms with Gasteiger partial charge in [-0.15, -0.1) is 0 Å². The zero-order chi connectivity index (χ0) is 15.5. The topological polar surface area (TPSA) is 51.8 Å². The van der Waals surface area contributed by atoms with Crippen molar-refractivity contribution >= 4 is 0 Å². The maximum absolute atomic E-state index is 5.42. The van der Waals surface area contributed by atoms with Gasteiger partial charge < -0.3 is 4.52 Å². The van der Waals surface area contributed by atoms with Crippen LogP contribution in [-0.4, -0.2) is 15.1 Å². The van der Waals surface area contributed by atoms with E-state index in [1.54, 1.807) is 12.4 Å². The van der Waals surface area contributed by atoms with E-state index in [2.05, 4.69) is 15.1 Å². The van der Waals surface area contributed by atoms with Crippen molar-refractivity contribution in [2.24, 2.45) is 0 Å². The van der Waals surface area contributed by atoms with Gasteiger partial charge in [0, 0.05) is 11.8 Å². The highest BCUT2D eigenvalue weighted by atomic mass is 16.5. The minimum absolute atomic E-state index is 0.530. The first kappa shape index (κ1) is 13.4. The van der Waals surface area contributed by atoms with Crippen LogP contribution in [0.5, 0.6) is 0 Å². The molecule has 0 aliphatic heterocycles. The van der Waals surface area contributed by atoms with E-state index in [0.29, 0.717) is 11.6 Å². The second kappa shape index (κ2) is 5.85. The molecule has 0 N–H and O–H groups in total. The number of hydrogen-bond acceptors (Lipinski definition) is 4. The zero-order valence-corrected chi connectivity index (χ0v) is 12.3. The molecule has 110 valence electrons. The Morgan fingerprint density at radius 1 is 0.739 bits per heavy atom. The highest BCUT2D eigenvalue weighted by molar-refractivity contribution is 5.76. The quantitative estimate of drug-likeness (QED) is 0.560. The monoisotopic (exact) mass is 299 g/mol. The molecule has 0 radical (unpaired) electrons. The van der Waals surface area contributed by atoms with Gasteiger partial charge in [-0.25, -0.2) is 9.97 Å². The van der Waals surface area contributed by atoms with Crippen molar-refractivity contribution in [1.29, 1.82) is 0 Å². The molecule has 0 aliphatic carbocycles. The third kappa shape index (κ3) is 2.62. The largest absolute Gasteiger partial charge is 0.352 e. The lowest BCUT2D eigenvalue weighted by molar-refractivity contribution is 0.430. The van der Waals surface area contributed by atoms with Crippen LogP contribution in [0.1, 0.15) is 0 Å². The number of aromatic nitrogens is 3. The molecule has 0 bridgehead atoms. The van der Waals surface area contributed by atoms with E-state index in [1.807, 2.05) is 66.7 Å². The van der Waals surface area contributed by atoms with E-state index in [0.717, 1.165) is 22.4 Å². The average Bonchev–Trinajstić information content (AvgIpc) is 3.13. The fraction of sp³-hybridized carbons (Fsp3) is 0. The maximum atomic E-state index is 5.42. The molecule has 0 aliphatic rings. The van der Waals surface area contributed by atoms with Crippen LogP contribution in [0, 0.1) is 0 Å². The first-order chi connectivity index (χ1) is 11.4. The van der Waals surface area contributed by atoms with Crippen LogP contribution in [0.4, 0.5) is 0 Å². The van der Waals surface area contributed by atoms with Gasteiger partial charge in [0.1, 0.15) is 0 Å². The summed E-state index contributed by atoms with van der Waals surface area (Å²) in [5.74, 6) is 1.11. The van der Waals surface area contributed by atoms with Gasteiger partial charge in [0.25, 0.3) is 0 Å². The molecule has 0 unspecified atom stereocenters. The lowest BCUT2D eigenvalue weighted by Crippen LogP contribution is -1.91. The van der Waals surface area contributed by atoms with E-state index < -0.39 is 0 Å². The summed E-state index contributed by atoms with van der Waals surface area (Å²) in [4.78, 5) is 8.98. The third-order valence-corrected chi connectivity index (χ3v) is 3.58. The van der Waals surface area contributed by atoms with Crippen molar-refractivity contribution in [2.45, 2.75) is 0 Å². The summed E-state index contributed by atoms with van der Waals surface area (Å²) < 4.78 is 5.42. The Hall–Kier alpha value is -3.27. The zero-order valence-electron chi connectivity index (χ0n) is 12.3. The van der Waals surface area contributed by atoms with Crippen LogP contribution in [0.2, 0.25) is 0 Å². The van der Waals surface area contributed by atoms with Gasteiger partial charge in [0.05, 0.1) is 17.5 Å². The molecule has 0 saturated heterocycles. The Balaban J connectivity index is 1.80. The van der Waals surface area contributed by atoms with Crippen LogP contribution in [0.3, 0.4) is 0 Å². The smallest absolute Gasteiger partial charge is 0.211 e. The van der Waals surface area contributed by atoms with Crippen LogP contribution < -0.4 is 0 Å². The van der Waals surface area contributed by atoms with E-state index in [4.69, 9.17) is 4.52 Å². The second-order valence-electron chi connectivity index (χ2n) is 5.07. The molecule has 4 heteroatoms. The molecule has 0 saturated carbocycles. The summed E-state index contributed by atoms with van der Waals surface area (Å²) in [5, 5.41) is 3.92. The summed E-state index contributed by atoms with van der Waals surface area (Å²) in [6.07, 6.45) is 3.44. The fourth-order valence-corrected chi connectivity index (χ4v) is 2.46. The van der Waals surface area contributed by atoms with Crippen molar-refractivity contribution in [2.75, 3.05) is 0 Å². The van der Waals surface area contributed by atoms with Crippen LogP contribution >= 0.6 is 0 Å². The predicted octanol–water partition coefficient (Wildman–Crippen LogP) is 4.47. The Morgan fingerprint density at radius 2 is 1.43 bits per heavy atom. The highest BCUT2D eigenvalue weighted by Gasteiger charge is 2.15. The second-order valence-corrected chi connectivity index (χ2v) is 5.07. The van der Waals surface area contributed by atoms with Gasteiger partial charge in [0.2, 0.25) is 5.76 Å². The molecule has 2 heterocycles. The van der Waals surface area contributed by atoms with E-state index in [1.165, 1.54) is 0 Å². The fourth-order valence-electron chi connectivity index (χ4n) is 2.46. The van der Waals surface area contributed by atoms with Gasteiger partial charge in [-0.2, -0.15) is 0 Å². The molecule has 2 aromatic heterocycles. The predicted molar refractivity (Wildman–Crippen MR) is 88.4 cm³/mol. The van der Waals surface area contributed by atoms with E-state index in [9.17, 15) is 0 Å². The number of benzene rings is 2. The summed E-state index contributed by atoms with van der Waals surface area (Å²) in [5.41, 5.74) is 3.80. The van der Waals surface area contributed by atoms with Gasteiger partial charge in [0.15, 0.2) is 5.82 Å². The molecule has 0 amide bonds. The van der Waals surface area contributed by atoms with Crippen LogP contribution in [-0.2, 0) is 0 Å². The van der Waals surface area contributed by atoms with Crippen molar-refractivity contribution in [3.8, 4) is 34.0 Å². The Labute approximate surface area is 133 Å². The minimum Gasteiger partial charge on any atom is -0.352 e. The number of rotatable bonds is 3. The van der Waals surface area contributed by atoms with Gasteiger partial charge in [-0.05, 0) is 11.6 Å². The first-order valence-electron chi connectivity index (χ1n) is 7.31. The number of nitrogens with zero attached hydrogens (tertiary/aromatic N) is 3. The highest BCUT2D eigenvalue weighted by Crippen LogP contribution is 2.30. The van der Waals surface area contributed by atoms with Gasteiger partial charge in [-0.3, -0.25) is 0 Å². The maximum Gasteiger partial charge on any atom is 0.211 e. The third-order valence-electron chi connectivity index (χ3n) is 3.58. The molecule has 4 nitrogen and oxygen atoms in total. The van der Waals surface area contributed by atoms with E-state index >= 15 is 0 Å². The van der Waals surface area contributed by atoms with Gasteiger partial charge in [-0.1, -0.05) is 65.8 Å². The molecule has 2 aromatic carbocycles. The summed E-state index contributed by atoms with van der Waals surface area (Å²) in [6, 6.07) is 21.8. The molecule has 0 fully saturated rings. The Bertz CT molecular complexity index is 918. The van der Waals surface area contributed by atoms with Crippen molar-refractivity contribution < 1.29 is 4.52 Å². The number of hydrogen-bond donors (Lipinski definition) is 0. The molecule has 0 atom stereocenters. The average molecular weight is 299 g/mol. The summed E-state index contributed by atoms with van der Waals surface area (Å²) in [7, 11) is 0. The lowest BCUT2D eigenvalue weighted by Gasteiger charge is -2.03. The lowest BCUT2D eigenvalue weighted by atomic mass is 10.1. The Kier molecular flexibility index (Phi) is 3.41. The molecular weight excluding hydrogens is 286 g/mol. The molecule has 23 heavy (non-hydrogen) atoms. The molecule has 0 spiro atoms. The molecule has 4 aromatic rings. The van der Waals surface area contributed by atoms with Crippen molar-refractivity contribution in [3.63, 3.8) is 0 Å². The minimum atomic E-state index is 0.530. The van der Waals surface area contributed by atoms with Crippen molar-refractivity contribution in [1.82, 2.24) is 15.1 Å². The molecule has 4 rings (SSSR count). The van der Waals surface area contributed by atoms with E-state index in [-0.39, 0.29) is 0 Å². The summed E-state index contributed by atoms with van der Waals surface area (Å²) >= 11 is 0. The standard InChI is InChI=1S/C19H13N3O/c1-3-7-14(8-4-1)16-13-21-23-18(16)19-20-12-11-17(22-19)15-9-5-2-6-10-15/h1-13H. The first-order valence-corrected chi connectivity index (χ1v) is 7.31. The van der Waals surface area contributed by atoms with Gasteiger partial charge >= 0.3 is 0 Å².